The molecule has 1 aromatic carbocycles. The Labute approximate surface area is 146 Å². The van der Waals surface area contributed by atoms with E-state index in [1.807, 2.05) is 0 Å². The normalized spacial score (nSPS) is 17.1. The summed E-state index contributed by atoms with van der Waals surface area (Å²) in [5.41, 5.74) is 4.78. The minimum atomic E-state index is -1.15. The largest absolute Gasteiger partial charge is 0.479 e. The number of ether oxygens (including phenoxy) is 1. The molecule has 0 bridgehead atoms. The van der Waals surface area contributed by atoms with Crippen LogP contribution >= 0.6 is 11.8 Å². The van der Waals surface area contributed by atoms with Crippen LogP contribution in [-0.2, 0) is 14.3 Å². The number of primary amides is 1. The monoisotopic (exact) mass is 369 g/mol. The summed E-state index contributed by atoms with van der Waals surface area (Å²) < 4.78 is 5.04. The van der Waals surface area contributed by atoms with Crippen molar-refractivity contribution in [2.24, 2.45) is 5.73 Å². The molecule has 3 N–H and O–H groups in total. The Morgan fingerprint density at radius 3 is 2.76 bits per heavy atom. The van der Waals surface area contributed by atoms with Crippen LogP contribution < -0.4 is 5.73 Å². The minimum Gasteiger partial charge on any atom is -0.479 e. The summed E-state index contributed by atoms with van der Waals surface area (Å²) in [7, 11) is 0. The van der Waals surface area contributed by atoms with Gasteiger partial charge >= 0.3 is 5.97 Å². The van der Waals surface area contributed by atoms with E-state index in [0.29, 0.717) is 0 Å². The predicted octanol–water partition coefficient (Wildman–Crippen LogP) is 0.0978. The molecule has 11 heteroatoms. The first-order chi connectivity index (χ1) is 11.8. The van der Waals surface area contributed by atoms with Crippen molar-refractivity contribution in [3.05, 3.63) is 33.9 Å². The number of nitro groups is 1. The summed E-state index contributed by atoms with van der Waals surface area (Å²) in [5, 5.41) is 20.1. The van der Waals surface area contributed by atoms with Crippen LogP contribution in [0.15, 0.2) is 23.1 Å². The second-order valence-electron chi connectivity index (χ2n) is 5.13. The highest BCUT2D eigenvalue weighted by molar-refractivity contribution is 8.00. The molecule has 0 saturated carbocycles. The van der Waals surface area contributed by atoms with E-state index in [1.165, 1.54) is 17.0 Å². The molecule has 1 unspecified atom stereocenters. The van der Waals surface area contributed by atoms with E-state index in [-0.39, 0.29) is 47.5 Å². The van der Waals surface area contributed by atoms with Crippen LogP contribution in [0.25, 0.3) is 0 Å². The van der Waals surface area contributed by atoms with Crippen molar-refractivity contribution in [3.8, 4) is 0 Å². The number of carboxylic acids is 1. The molecule has 1 atom stereocenters. The molecule has 1 aromatic rings. The lowest BCUT2D eigenvalue weighted by molar-refractivity contribution is -0.387. The van der Waals surface area contributed by atoms with Gasteiger partial charge in [-0.1, -0.05) is 0 Å². The molecule has 0 aliphatic carbocycles. The maximum Gasteiger partial charge on any atom is 0.334 e. The van der Waals surface area contributed by atoms with Crippen LogP contribution in [0, 0.1) is 10.1 Å². The van der Waals surface area contributed by atoms with Gasteiger partial charge in [0.15, 0.2) is 6.10 Å². The number of nitro benzene ring substituents is 1. The smallest absolute Gasteiger partial charge is 0.334 e. The van der Waals surface area contributed by atoms with Crippen molar-refractivity contribution < 1.29 is 29.2 Å². The molecule has 1 saturated heterocycles. The van der Waals surface area contributed by atoms with Gasteiger partial charge in [0.2, 0.25) is 11.8 Å². The van der Waals surface area contributed by atoms with Crippen molar-refractivity contribution in [1.29, 1.82) is 0 Å². The van der Waals surface area contributed by atoms with Crippen LogP contribution in [0.3, 0.4) is 0 Å². The van der Waals surface area contributed by atoms with Gasteiger partial charge in [-0.15, -0.1) is 11.8 Å². The number of amides is 2. The fourth-order valence-corrected chi connectivity index (χ4v) is 3.10. The lowest BCUT2D eigenvalue weighted by Crippen LogP contribution is -2.49. The number of aliphatic carboxylic acids is 1. The van der Waals surface area contributed by atoms with Gasteiger partial charge in [-0.2, -0.15) is 0 Å². The van der Waals surface area contributed by atoms with Crippen LogP contribution in [0.1, 0.15) is 10.4 Å². The number of thioether (sulfide) groups is 1. The van der Waals surface area contributed by atoms with E-state index in [4.69, 9.17) is 15.6 Å². The zero-order chi connectivity index (χ0) is 18.6. The average molecular weight is 369 g/mol. The second-order valence-corrected chi connectivity index (χ2v) is 6.15. The van der Waals surface area contributed by atoms with E-state index in [2.05, 4.69) is 0 Å². The van der Waals surface area contributed by atoms with E-state index in [1.54, 1.807) is 0 Å². The number of nitrogens with zero attached hydrogens (tertiary/aromatic N) is 2. The Bertz CT molecular complexity index is 724. The van der Waals surface area contributed by atoms with Gasteiger partial charge < -0.3 is 20.5 Å². The Hall–Kier alpha value is -2.66. The third-order valence-corrected chi connectivity index (χ3v) is 4.53. The number of rotatable bonds is 6. The van der Waals surface area contributed by atoms with Crippen LogP contribution in [0.5, 0.6) is 0 Å². The Kier molecular flexibility index (Phi) is 5.93. The highest BCUT2D eigenvalue weighted by Gasteiger charge is 2.29. The molecule has 0 radical (unpaired) electrons. The first-order valence-corrected chi connectivity index (χ1v) is 8.11. The maximum absolute atomic E-state index is 12.2. The van der Waals surface area contributed by atoms with Gasteiger partial charge in [0, 0.05) is 18.2 Å². The molecule has 0 spiro atoms. The summed E-state index contributed by atoms with van der Waals surface area (Å²) in [5.74, 6) is -2.40. The lowest BCUT2D eigenvalue weighted by Gasteiger charge is -2.30. The van der Waals surface area contributed by atoms with E-state index < -0.39 is 22.9 Å². The summed E-state index contributed by atoms with van der Waals surface area (Å²) in [6, 6.07) is 3.76. The van der Waals surface area contributed by atoms with Crippen molar-refractivity contribution in [3.63, 3.8) is 0 Å². The zero-order valence-electron chi connectivity index (χ0n) is 12.9. The molecular formula is C14H15N3O7S. The number of hydrogen-bond acceptors (Lipinski definition) is 7. The number of carbonyl (C=O) groups excluding carboxylic acids is 2. The molecule has 25 heavy (non-hydrogen) atoms. The lowest BCUT2D eigenvalue weighted by atomic mass is 10.2. The zero-order valence-corrected chi connectivity index (χ0v) is 13.7. The van der Waals surface area contributed by atoms with Crippen molar-refractivity contribution in [2.45, 2.75) is 11.0 Å². The highest BCUT2D eigenvalue weighted by Crippen LogP contribution is 2.30. The summed E-state index contributed by atoms with van der Waals surface area (Å²) in [6.07, 6.45) is -1.08. The quantitative estimate of drug-likeness (QED) is 0.406. The number of carbonyl (C=O) groups is 3. The fourth-order valence-electron chi connectivity index (χ4n) is 2.19. The summed E-state index contributed by atoms with van der Waals surface area (Å²) in [4.78, 5) is 46.3. The van der Waals surface area contributed by atoms with E-state index >= 15 is 0 Å². The molecule has 1 aliphatic rings. The number of carboxylic acid groups (broad SMARTS) is 1. The average Bonchev–Trinajstić information content (AvgIpc) is 2.59. The standard InChI is InChI=1S/C14H15N3O7S/c15-13(19)8-1-2-11(9(5-8)17(22)23)25-7-12(18)16-3-4-24-10(6-16)14(20)21/h1-2,5,10H,3-4,6-7H2,(H2,15,19)(H,20,21). The van der Waals surface area contributed by atoms with Gasteiger partial charge in [-0.05, 0) is 12.1 Å². The molecule has 2 amide bonds. The van der Waals surface area contributed by atoms with Crippen molar-refractivity contribution in [2.75, 3.05) is 25.4 Å². The summed E-state index contributed by atoms with van der Waals surface area (Å²) >= 11 is 0.934. The number of benzene rings is 1. The SMILES string of the molecule is NC(=O)c1ccc(SCC(=O)N2CCOC(C(=O)O)C2)c([N+](=O)[O-])c1. The van der Waals surface area contributed by atoms with Gasteiger partial charge in [-0.3, -0.25) is 19.7 Å². The molecule has 134 valence electrons. The predicted molar refractivity (Wildman–Crippen MR) is 86.3 cm³/mol. The first kappa shape index (κ1) is 18.7. The molecule has 10 nitrogen and oxygen atoms in total. The second kappa shape index (κ2) is 7.94. The molecular weight excluding hydrogens is 354 g/mol. The van der Waals surface area contributed by atoms with Crippen molar-refractivity contribution >= 4 is 35.2 Å². The molecule has 1 heterocycles. The molecule has 2 rings (SSSR count). The van der Waals surface area contributed by atoms with Gasteiger partial charge in [-0.25, -0.2) is 4.79 Å². The molecule has 1 aliphatic heterocycles. The Morgan fingerprint density at radius 1 is 1.44 bits per heavy atom. The van der Waals surface area contributed by atoms with Crippen LogP contribution in [-0.4, -0.2) is 64.3 Å². The highest BCUT2D eigenvalue weighted by atomic mass is 32.2. The number of nitrogens with two attached hydrogens (primary N) is 1. The fraction of sp³-hybridized carbons (Fsp3) is 0.357. The third kappa shape index (κ3) is 4.67. The molecule has 0 aromatic heterocycles. The minimum absolute atomic E-state index is 0.000134. The van der Waals surface area contributed by atoms with Crippen molar-refractivity contribution in [1.82, 2.24) is 4.90 Å². The molecule has 1 fully saturated rings. The van der Waals surface area contributed by atoms with E-state index in [9.17, 15) is 24.5 Å². The third-order valence-electron chi connectivity index (χ3n) is 3.49. The topological polar surface area (TPSA) is 153 Å². The number of morpholine rings is 1. The Balaban J connectivity index is 2.05. The maximum atomic E-state index is 12.2. The van der Waals surface area contributed by atoms with Gasteiger partial charge in [0.1, 0.15) is 0 Å². The summed E-state index contributed by atoms with van der Waals surface area (Å²) in [6.45, 7) is 0.296. The first-order valence-electron chi connectivity index (χ1n) is 7.13. The van der Waals surface area contributed by atoms with Gasteiger partial charge in [0.25, 0.3) is 5.69 Å². The Morgan fingerprint density at radius 2 is 2.16 bits per heavy atom. The number of hydrogen-bond donors (Lipinski definition) is 2. The van der Waals surface area contributed by atoms with Crippen LogP contribution in [0.4, 0.5) is 5.69 Å². The van der Waals surface area contributed by atoms with Crippen LogP contribution in [0.2, 0.25) is 0 Å². The van der Waals surface area contributed by atoms with Gasteiger partial charge in [0.05, 0.1) is 28.7 Å². The van der Waals surface area contributed by atoms with E-state index in [0.717, 1.165) is 17.8 Å².